The molecule has 1 aromatic carbocycles. The second-order valence-electron chi connectivity index (χ2n) is 3.01. The van der Waals surface area contributed by atoms with Gasteiger partial charge >= 0.3 is 5.97 Å². The van der Waals surface area contributed by atoms with E-state index in [1.54, 1.807) is 6.20 Å². The van der Waals surface area contributed by atoms with Crippen LogP contribution in [-0.2, 0) is 16.0 Å². The molecule has 3 heteroatoms. The number of anilines is 1. The first-order valence-corrected chi connectivity index (χ1v) is 4.87. The Morgan fingerprint density at radius 2 is 2.20 bits per heavy atom. The van der Waals surface area contributed by atoms with Gasteiger partial charge in [0.2, 0.25) is 0 Å². The summed E-state index contributed by atoms with van der Waals surface area (Å²) < 4.78 is 4.48. The second-order valence-corrected chi connectivity index (χ2v) is 3.01. The lowest BCUT2D eigenvalue weighted by Crippen LogP contribution is -1.97. The van der Waals surface area contributed by atoms with Gasteiger partial charge in [0.15, 0.2) is 0 Å². The molecule has 0 amide bonds. The quantitative estimate of drug-likeness (QED) is 0.605. The van der Waals surface area contributed by atoms with Crippen molar-refractivity contribution in [2.75, 3.05) is 12.4 Å². The van der Waals surface area contributed by atoms with Gasteiger partial charge < -0.3 is 10.1 Å². The molecule has 0 unspecified atom stereocenters. The molecule has 0 radical (unpaired) electrons. The smallest absolute Gasteiger partial charge is 0.331 e. The zero-order valence-corrected chi connectivity index (χ0v) is 8.99. The minimum Gasteiger partial charge on any atom is -0.466 e. The zero-order valence-electron chi connectivity index (χ0n) is 8.99. The van der Waals surface area contributed by atoms with Crippen molar-refractivity contribution in [1.82, 2.24) is 0 Å². The Bertz CT molecular complexity index is 358. The van der Waals surface area contributed by atoms with Crippen molar-refractivity contribution < 1.29 is 9.53 Å². The third-order valence-electron chi connectivity index (χ3n) is 2.06. The van der Waals surface area contributed by atoms with Crippen molar-refractivity contribution in [1.29, 1.82) is 0 Å². The number of benzene rings is 1. The Morgan fingerprint density at radius 3 is 2.87 bits per heavy atom. The summed E-state index contributed by atoms with van der Waals surface area (Å²) in [7, 11) is 1.35. The van der Waals surface area contributed by atoms with Crippen molar-refractivity contribution in [3.05, 3.63) is 42.1 Å². The van der Waals surface area contributed by atoms with Crippen LogP contribution in [0.1, 0.15) is 12.5 Å². The Morgan fingerprint density at radius 1 is 1.47 bits per heavy atom. The number of hydrogen-bond acceptors (Lipinski definition) is 3. The normalized spacial score (nSPS) is 10.3. The van der Waals surface area contributed by atoms with E-state index in [1.807, 2.05) is 24.3 Å². The molecule has 3 nitrogen and oxygen atoms in total. The van der Waals surface area contributed by atoms with E-state index in [2.05, 4.69) is 17.0 Å². The third-order valence-corrected chi connectivity index (χ3v) is 2.06. The van der Waals surface area contributed by atoms with E-state index in [0.29, 0.717) is 0 Å². The molecule has 0 aliphatic rings. The summed E-state index contributed by atoms with van der Waals surface area (Å²) in [6, 6.07) is 7.97. The number of carbonyl (C=O) groups is 1. The number of hydrogen-bond donors (Lipinski definition) is 1. The number of methoxy groups -OCH3 is 1. The minimum atomic E-state index is -0.364. The van der Waals surface area contributed by atoms with Gasteiger partial charge in [0.1, 0.15) is 0 Å². The second kappa shape index (κ2) is 5.86. The molecule has 0 aliphatic carbocycles. The van der Waals surface area contributed by atoms with E-state index < -0.39 is 0 Å². The molecule has 0 saturated heterocycles. The molecule has 1 N–H and O–H groups in total. The average molecular weight is 205 g/mol. The highest BCUT2D eigenvalue weighted by atomic mass is 16.5. The predicted molar refractivity (Wildman–Crippen MR) is 60.6 cm³/mol. The van der Waals surface area contributed by atoms with Crippen molar-refractivity contribution in [2.45, 2.75) is 13.3 Å². The van der Waals surface area contributed by atoms with Gasteiger partial charge in [0, 0.05) is 18.0 Å². The molecule has 0 fully saturated rings. The highest BCUT2D eigenvalue weighted by molar-refractivity contribution is 5.82. The monoisotopic (exact) mass is 205 g/mol. The zero-order chi connectivity index (χ0) is 11.1. The molecular formula is C12H15NO2. The van der Waals surface area contributed by atoms with Crippen LogP contribution in [0.2, 0.25) is 0 Å². The van der Waals surface area contributed by atoms with Crippen LogP contribution in [-0.4, -0.2) is 13.1 Å². The van der Waals surface area contributed by atoms with Crippen LogP contribution in [0.25, 0.3) is 0 Å². The molecule has 1 aromatic rings. The fourth-order valence-electron chi connectivity index (χ4n) is 1.24. The van der Waals surface area contributed by atoms with E-state index in [1.165, 1.54) is 18.7 Å². The Labute approximate surface area is 89.8 Å². The van der Waals surface area contributed by atoms with Crippen molar-refractivity contribution >= 4 is 11.7 Å². The number of ether oxygens (including phenoxy) is 1. The average Bonchev–Trinajstić information content (AvgIpc) is 2.29. The Balaban J connectivity index is 2.64. The molecule has 0 heterocycles. The number of nitrogens with one attached hydrogen (secondary N) is 1. The van der Waals surface area contributed by atoms with Gasteiger partial charge in [-0.25, -0.2) is 4.79 Å². The SMILES string of the molecule is CCc1ccccc1N/C=C/C(=O)OC. The van der Waals surface area contributed by atoms with Crippen LogP contribution in [0.5, 0.6) is 0 Å². The standard InChI is InChI=1S/C12H15NO2/c1-3-10-6-4-5-7-11(10)13-9-8-12(14)15-2/h4-9,13H,3H2,1-2H3/b9-8+. The van der Waals surface area contributed by atoms with Crippen LogP contribution in [0.4, 0.5) is 5.69 Å². The van der Waals surface area contributed by atoms with E-state index >= 15 is 0 Å². The van der Waals surface area contributed by atoms with Crippen molar-refractivity contribution in [2.24, 2.45) is 0 Å². The maximum absolute atomic E-state index is 10.8. The summed E-state index contributed by atoms with van der Waals surface area (Å²) in [5.74, 6) is -0.364. The minimum absolute atomic E-state index is 0.364. The lowest BCUT2D eigenvalue weighted by Gasteiger charge is -2.06. The fraction of sp³-hybridized carbons (Fsp3) is 0.250. The van der Waals surface area contributed by atoms with Gasteiger partial charge in [-0.2, -0.15) is 0 Å². The summed E-state index contributed by atoms with van der Waals surface area (Å²) in [6.07, 6.45) is 3.89. The van der Waals surface area contributed by atoms with E-state index in [4.69, 9.17) is 0 Å². The number of esters is 1. The summed E-state index contributed by atoms with van der Waals surface area (Å²) in [5, 5.41) is 3.05. The van der Waals surface area contributed by atoms with Crippen LogP contribution in [0.15, 0.2) is 36.5 Å². The molecule has 0 aromatic heterocycles. The Hall–Kier alpha value is -1.77. The predicted octanol–water partition coefficient (Wildman–Crippen LogP) is 2.35. The maximum atomic E-state index is 10.8. The van der Waals surface area contributed by atoms with Gasteiger partial charge in [-0.3, -0.25) is 0 Å². The van der Waals surface area contributed by atoms with Gasteiger partial charge in [0.05, 0.1) is 7.11 Å². The number of rotatable bonds is 4. The molecule has 0 spiro atoms. The summed E-state index contributed by atoms with van der Waals surface area (Å²) in [5.41, 5.74) is 2.23. The van der Waals surface area contributed by atoms with E-state index in [0.717, 1.165) is 12.1 Å². The molecule has 0 aliphatic heterocycles. The van der Waals surface area contributed by atoms with Crippen LogP contribution in [0.3, 0.4) is 0 Å². The first-order chi connectivity index (χ1) is 7.27. The first-order valence-electron chi connectivity index (χ1n) is 4.87. The first kappa shape index (κ1) is 11.3. The largest absolute Gasteiger partial charge is 0.466 e. The number of aryl methyl sites for hydroxylation is 1. The molecule has 80 valence electrons. The fourth-order valence-corrected chi connectivity index (χ4v) is 1.24. The van der Waals surface area contributed by atoms with Crippen LogP contribution in [0, 0.1) is 0 Å². The molecule has 15 heavy (non-hydrogen) atoms. The van der Waals surface area contributed by atoms with Crippen LogP contribution >= 0.6 is 0 Å². The molecular weight excluding hydrogens is 190 g/mol. The van der Waals surface area contributed by atoms with Crippen LogP contribution < -0.4 is 5.32 Å². The van der Waals surface area contributed by atoms with Crippen molar-refractivity contribution in [3.8, 4) is 0 Å². The molecule has 0 bridgehead atoms. The Kier molecular flexibility index (Phi) is 4.41. The lowest BCUT2D eigenvalue weighted by molar-refractivity contribution is -0.134. The third kappa shape index (κ3) is 3.46. The van der Waals surface area contributed by atoms with Gasteiger partial charge in [-0.1, -0.05) is 25.1 Å². The van der Waals surface area contributed by atoms with Gasteiger partial charge in [-0.05, 0) is 18.1 Å². The summed E-state index contributed by atoms with van der Waals surface area (Å²) in [4.78, 5) is 10.8. The summed E-state index contributed by atoms with van der Waals surface area (Å²) >= 11 is 0. The topological polar surface area (TPSA) is 38.3 Å². The van der Waals surface area contributed by atoms with E-state index in [-0.39, 0.29) is 5.97 Å². The molecule has 1 rings (SSSR count). The lowest BCUT2D eigenvalue weighted by atomic mass is 10.1. The summed E-state index contributed by atoms with van der Waals surface area (Å²) in [6.45, 7) is 2.09. The highest BCUT2D eigenvalue weighted by Crippen LogP contribution is 2.14. The van der Waals surface area contributed by atoms with E-state index in [9.17, 15) is 4.79 Å². The number of carbonyl (C=O) groups excluding carboxylic acids is 1. The van der Waals surface area contributed by atoms with Crippen molar-refractivity contribution in [3.63, 3.8) is 0 Å². The highest BCUT2D eigenvalue weighted by Gasteiger charge is 1.96. The maximum Gasteiger partial charge on any atom is 0.331 e. The van der Waals surface area contributed by atoms with Gasteiger partial charge in [0.25, 0.3) is 0 Å². The van der Waals surface area contributed by atoms with Gasteiger partial charge in [-0.15, -0.1) is 0 Å². The molecule has 0 saturated carbocycles. The number of para-hydroxylation sites is 1. The molecule has 0 atom stereocenters.